The van der Waals surface area contributed by atoms with Gasteiger partial charge >= 0.3 is 0 Å². The van der Waals surface area contributed by atoms with Gasteiger partial charge in [0.25, 0.3) is 5.91 Å². The molecule has 4 rings (SSSR count). The van der Waals surface area contributed by atoms with Crippen LogP contribution in [0.4, 0.5) is 0 Å². The molecule has 1 amide bonds. The number of amides is 1. The SMILES string of the molecule is Cc1ccc(COc2ccc(/C=C3\SC(=S)N(Cc4ccco4)C3=O)cc2)cc1. The fourth-order valence-corrected chi connectivity index (χ4v) is 4.11. The molecule has 1 aliphatic rings. The molecule has 0 bridgehead atoms. The van der Waals surface area contributed by atoms with Crippen molar-refractivity contribution in [2.45, 2.75) is 20.1 Å². The first kappa shape index (κ1) is 19.5. The highest BCUT2D eigenvalue weighted by molar-refractivity contribution is 8.26. The van der Waals surface area contributed by atoms with Gasteiger partial charge in [0, 0.05) is 0 Å². The van der Waals surface area contributed by atoms with Crippen molar-refractivity contribution < 1.29 is 13.9 Å². The van der Waals surface area contributed by atoms with Gasteiger partial charge in [0.1, 0.15) is 22.4 Å². The Bertz CT molecular complexity index is 1040. The standard InChI is InChI=1S/C23H19NO3S2/c1-16-4-6-18(7-5-16)15-27-19-10-8-17(9-11-19)13-21-22(25)24(23(28)29-21)14-20-3-2-12-26-20/h2-13H,14-15H2,1H3/b21-13-. The van der Waals surface area contributed by atoms with E-state index in [1.807, 2.05) is 36.4 Å². The van der Waals surface area contributed by atoms with Crippen LogP contribution >= 0.6 is 24.0 Å². The zero-order valence-corrected chi connectivity index (χ0v) is 17.5. The number of aryl methyl sites for hydroxylation is 1. The van der Waals surface area contributed by atoms with Gasteiger partial charge in [-0.3, -0.25) is 9.69 Å². The number of carbonyl (C=O) groups is 1. The third-order valence-electron chi connectivity index (χ3n) is 4.47. The summed E-state index contributed by atoms with van der Waals surface area (Å²) in [5.74, 6) is 1.39. The van der Waals surface area contributed by atoms with Crippen molar-refractivity contribution in [1.82, 2.24) is 4.90 Å². The molecule has 2 aromatic carbocycles. The van der Waals surface area contributed by atoms with Crippen molar-refractivity contribution in [2.75, 3.05) is 0 Å². The lowest BCUT2D eigenvalue weighted by Gasteiger charge is -2.12. The number of nitrogens with zero attached hydrogens (tertiary/aromatic N) is 1. The Kier molecular flexibility index (Phi) is 5.83. The van der Waals surface area contributed by atoms with Crippen LogP contribution in [0.3, 0.4) is 0 Å². The summed E-state index contributed by atoms with van der Waals surface area (Å²) in [6, 6.07) is 19.6. The third-order valence-corrected chi connectivity index (χ3v) is 5.85. The molecule has 1 saturated heterocycles. The summed E-state index contributed by atoms with van der Waals surface area (Å²) in [7, 11) is 0. The maximum absolute atomic E-state index is 12.7. The van der Waals surface area contributed by atoms with Crippen LogP contribution < -0.4 is 4.74 Å². The maximum atomic E-state index is 12.7. The number of rotatable bonds is 6. The minimum Gasteiger partial charge on any atom is -0.489 e. The molecule has 29 heavy (non-hydrogen) atoms. The first-order valence-corrected chi connectivity index (χ1v) is 10.4. The fraction of sp³-hybridized carbons (Fsp3) is 0.130. The van der Waals surface area contributed by atoms with Crippen LogP contribution in [0.2, 0.25) is 0 Å². The Balaban J connectivity index is 1.39. The average molecular weight is 422 g/mol. The van der Waals surface area contributed by atoms with Crippen LogP contribution in [0, 0.1) is 6.92 Å². The van der Waals surface area contributed by atoms with Crippen LogP contribution in [0.5, 0.6) is 5.75 Å². The summed E-state index contributed by atoms with van der Waals surface area (Å²) in [4.78, 5) is 14.8. The highest BCUT2D eigenvalue weighted by atomic mass is 32.2. The molecule has 2 heterocycles. The molecule has 0 unspecified atom stereocenters. The highest BCUT2D eigenvalue weighted by Crippen LogP contribution is 2.33. The number of hydrogen-bond donors (Lipinski definition) is 0. The number of hydrogen-bond acceptors (Lipinski definition) is 5. The van der Waals surface area contributed by atoms with Crippen molar-refractivity contribution in [2.24, 2.45) is 0 Å². The molecule has 0 aliphatic carbocycles. The average Bonchev–Trinajstić information content (AvgIpc) is 3.33. The molecule has 6 heteroatoms. The predicted octanol–water partition coefficient (Wildman–Crippen LogP) is 5.57. The molecule has 0 atom stereocenters. The van der Waals surface area contributed by atoms with E-state index in [1.54, 1.807) is 17.2 Å². The molecule has 3 aromatic rings. The van der Waals surface area contributed by atoms with E-state index in [9.17, 15) is 4.79 Å². The molecule has 146 valence electrons. The van der Waals surface area contributed by atoms with Gasteiger partial charge in [-0.05, 0) is 48.4 Å². The van der Waals surface area contributed by atoms with E-state index >= 15 is 0 Å². The smallest absolute Gasteiger partial charge is 0.266 e. The number of furan rings is 1. The number of benzene rings is 2. The molecule has 0 radical (unpaired) electrons. The second-order valence-electron chi connectivity index (χ2n) is 6.69. The molecule has 1 aromatic heterocycles. The largest absolute Gasteiger partial charge is 0.489 e. The molecular weight excluding hydrogens is 402 g/mol. The van der Waals surface area contributed by atoms with Gasteiger partial charge in [-0.25, -0.2) is 0 Å². The van der Waals surface area contributed by atoms with Gasteiger partial charge in [-0.1, -0.05) is 65.9 Å². The van der Waals surface area contributed by atoms with Crippen molar-refractivity contribution >= 4 is 40.3 Å². The lowest BCUT2D eigenvalue weighted by atomic mass is 10.1. The third kappa shape index (κ3) is 4.78. The van der Waals surface area contributed by atoms with E-state index in [2.05, 4.69) is 31.2 Å². The molecule has 1 fully saturated rings. The van der Waals surface area contributed by atoms with Gasteiger partial charge in [0.05, 0.1) is 17.7 Å². The summed E-state index contributed by atoms with van der Waals surface area (Å²) in [6.07, 6.45) is 3.44. The second-order valence-corrected chi connectivity index (χ2v) is 8.37. The van der Waals surface area contributed by atoms with Gasteiger partial charge in [0.15, 0.2) is 0 Å². The number of ether oxygens (including phenoxy) is 1. The Morgan fingerprint density at radius 2 is 1.86 bits per heavy atom. The van der Waals surface area contributed by atoms with E-state index in [4.69, 9.17) is 21.4 Å². The van der Waals surface area contributed by atoms with E-state index in [-0.39, 0.29) is 5.91 Å². The van der Waals surface area contributed by atoms with Crippen molar-refractivity contribution in [3.63, 3.8) is 0 Å². The monoisotopic (exact) mass is 421 g/mol. The van der Waals surface area contributed by atoms with Crippen LogP contribution in [0.15, 0.2) is 76.2 Å². The van der Waals surface area contributed by atoms with Gasteiger partial charge < -0.3 is 9.15 Å². The van der Waals surface area contributed by atoms with Crippen molar-refractivity contribution in [1.29, 1.82) is 0 Å². The van der Waals surface area contributed by atoms with E-state index in [0.717, 1.165) is 16.9 Å². The minimum absolute atomic E-state index is 0.101. The first-order chi connectivity index (χ1) is 14.1. The lowest BCUT2D eigenvalue weighted by molar-refractivity contribution is -0.122. The lowest BCUT2D eigenvalue weighted by Crippen LogP contribution is -2.27. The Morgan fingerprint density at radius 3 is 2.55 bits per heavy atom. The number of thiocarbonyl (C=S) groups is 1. The van der Waals surface area contributed by atoms with E-state index < -0.39 is 0 Å². The van der Waals surface area contributed by atoms with Crippen LogP contribution in [0.25, 0.3) is 6.08 Å². The van der Waals surface area contributed by atoms with Gasteiger partial charge in [-0.2, -0.15) is 0 Å². The normalized spacial score (nSPS) is 15.3. The predicted molar refractivity (Wildman–Crippen MR) is 119 cm³/mol. The van der Waals surface area contributed by atoms with Crippen LogP contribution in [-0.2, 0) is 17.9 Å². The zero-order chi connectivity index (χ0) is 20.2. The quantitative estimate of drug-likeness (QED) is 0.385. The Labute approximate surface area is 179 Å². The summed E-state index contributed by atoms with van der Waals surface area (Å²) in [5.41, 5.74) is 3.28. The van der Waals surface area contributed by atoms with Crippen LogP contribution in [-0.4, -0.2) is 15.1 Å². The van der Waals surface area contributed by atoms with E-state index in [0.29, 0.717) is 28.1 Å². The summed E-state index contributed by atoms with van der Waals surface area (Å²) >= 11 is 6.67. The number of thioether (sulfide) groups is 1. The minimum atomic E-state index is -0.101. The second kappa shape index (κ2) is 8.68. The molecular formula is C23H19NO3S2. The van der Waals surface area contributed by atoms with Gasteiger partial charge in [0.2, 0.25) is 0 Å². The topological polar surface area (TPSA) is 42.7 Å². The molecule has 0 spiro atoms. The molecule has 1 aliphatic heterocycles. The summed E-state index contributed by atoms with van der Waals surface area (Å²) in [6.45, 7) is 2.93. The molecule has 4 nitrogen and oxygen atoms in total. The first-order valence-electron chi connectivity index (χ1n) is 9.15. The summed E-state index contributed by atoms with van der Waals surface area (Å²) in [5, 5.41) is 0. The maximum Gasteiger partial charge on any atom is 0.266 e. The summed E-state index contributed by atoms with van der Waals surface area (Å²) < 4.78 is 11.7. The van der Waals surface area contributed by atoms with Crippen LogP contribution in [0.1, 0.15) is 22.5 Å². The Hall–Kier alpha value is -2.83. The Morgan fingerprint density at radius 1 is 1.10 bits per heavy atom. The molecule has 0 saturated carbocycles. The fourth-order valence-electron chi connectivity index (χ4n) is 2.86. The van der Waals surface area contributed by atoms with Crippen molar-refractivity contribution in [3.8, 4) is 5.75 Å². The van der Waals surface area contributed by atoms with E-state index in [1.165, 1.54) is 17.3 Å². The molecule has 0 N–H and O–H groups in total. The zero-order valence-electron chi connectivity index (χ0n) is 15.8. The van der Waals surface area contributed by atoms with Gasteiger partial charge in [-0.15, -0.1) is 0 Å². The highest BCUT2D eigenvalue weighted by Gasteiger charge is 2.32. The number of carbonyl (C=O) groups excluding carboxylic acids is 1. The van der Waals surface area contributed by atoms with Crippen molar-refractivity contribution in [3.05, 3.63) is 94.3 Å².